The van der Waals surface area contributed by atoms with Gasteiger partial charge in [-0.3, -0.25) is 4.98 Å². The highest BCUT2D eigenvalue weighted by atomic mass is 19.1. The molecular weight excluding hydrogens is 407 g/mol. The summed E-state index contributed by atoms with van der Waals surface area (Å²) in [6.45, 7) is 3.68. The van der Waals surface area contributed by atoms with Crippen LogP contribution < -0.4 is 20.7 Å². The van der Waals surface area contributed by atoms with Crippen molar-refractivity contribution < 1.29 is 9.13 Å². The number of aromatic nitrogens is 3. The summed E-state index contributed by atoms with van der Waals surface area (Å²) in [6.07, 6.45) is 6.11. The third kappa shape index (κ3) is 3.01. The zero-order chi connectivity index (χ0) is 22.0. The van der Waals surface area contributed by atoms with Crippen LogP contribution in [0.1, 0.15) is 29.7 Å². The lowest BCUT2D eigenvalue weighted by atomic mass is 10.0. The number of hydrogen-bond acceptors (Lipinski definition) is 7. The minimum absolute atomic E-state index is 0.179. The van der Waals surface area contributed by atoms with E-state index in [2.05, 4.69) is 15.2 Å². The van der Waals surface area contributed by atoms with Gasteiger partial charge in [-0.25, -0.2) is 4.39 Å². The molecular formula is C24H25FN6O. The molecule has 2 atom stereocenters. The fraction of sp³-hybridized carbons (Fsp3) is 0.375. The first kappa shape index (κ1) is 19.4. The van der Waals surface area contributed by atoms with Crippen LogP contribution in [0.4, 0.5) is 15.9 Å². The first-order valence-electron chi connectivity index (χ1n) is 11.0. The number of rotatable bonds is 4. The van der Waals surface area contributed by atoms with E-state index in [-0.39, 0.29) is 23.3 Å². The zero-order valence-corrected chi connectivity index (χ0v) is 18.2. The number of nitrogens with one attached hydrogen (secondary N) is 1. The highest BCUT2D eigenvalue weighted by Crippen LogP contribution is 2.54. The average molecular weight is 433 g/mol. The van der Waals surface area contributed by atoms with Gasteiger partial charge in [0.15, 0.2) is 0 Å². The monoisotopic (exact) mass is 432 g/mol. The molecule has 2 aromatic heterocycles. The van der Waals surface area contributed by atoms with E-state index >= 15 is 0 Å². The van der Waals surface area contributed by atoms with Crippen LogP contribution in [0.2, 0.25) is 0 Å². The molecule has 1 spiro atoms. The predicted octanol–water partition coefficient (Wildman–Crippen LogP) is 3.65. The Bertz CT molecular complexity index is 1250. The molecule has 2 fully saturated rings. The van der Waals surface area contributed by atoms with Crippen molar-refractivity contribution in [1.29, 1.82) is 0 Å². The summed E-state index contributed by atoms with van der Waals surface area (Å²) in [5.74, 6) is 1.11. The van der Waals surface area contributed by atoms with Crippen molar-refractivity contribution in [3.05, 3.63) is 53.2 Å². The van der Waals surface area contributed by atoms with E-state index in [1.165, 1.54) is 6.07 Å². The topological polar surface area (TPSA) is 89.2 Å². The molecule has 1 aromatic carbocycles. The van der Waals surface area contributed by atoms with Gasteiger partial charge < -0.3 is 20.7 Å². The molecule has 1 saturated carbocycles. The number of fused-ring (bicyclic) bond motifs is 3. The Morgan fingerprint density at radius 1 is 1.25 bits per heavy atom. The lowest BCUT2D eigenvalue weighted by molar-refractivity contribution is 0.438. The summed E-state index contributed by atoms with van der Waals surface area (Å²) in [4.78, 5) is 16.0. The number of aryl methyl sites for hydroxylation is 1. The molecule has 0 amide bonds. The molecule has 1 aliphatic heterocycles. The second-order valence-electron chi connectivity index (χ2n) is 9.20. The van der Waals surface area contributed by atoms with E-state index < -0.39 is 0 Å². The highest BCUT2D eigenvalue weighted by Gasteiger charge is 2.56. The van der Waals surface area contributed by atoms with Crippen molar-refractivity contribution in [2.24, 2.45) is 11.1 Å². The maximum atomic E-state index is 14.5. The van der Waals surface area contributed by atoms with E-state index in [0.717, 1.165) is 65.4 Å². The minimum atomic E-state index is -0.278. The first-order chi connectivity index (χ1) is 15.5. The SMILES string of the molecule is CNc1cc(F)cc2c1Cc1nc(Oc3cncc(C)c3)nc(N3CCC4(CC4N)C3)c1-2. The van der Waals surface area contributed by atoms with Crippen LogP contribution >= 0.6 is 0 Å². The summed E-state index contributed by atoms with van der Waals surface area (Å²) in [6, 6.07) is 5.56. The molecule has 2 aliphatic carbocycles. The van der Waals surface area contributed by atoms with Gasteiger partial charge in [0.25, 0.3) is 0 Å². The number of anilines is 2. The number of nitrogens with two attached hydrogens (primary N) is 1. The molecule has 3 heterocycles. The van der Waals surface area contributed by atoms with Crippen molar-refractivity contribution >= 4 is 11.5 Å². The van der Waals surface area contributed by atoms with Gasteiger partial charge in [0.05, 0.1) is 11.9 Å². The van der Waals surface area contributed by atoms with Crippen molar-refractivity contribution in [3.8, 4) is 22.9 Å². The molecule has 3 aromatic rings. The quantitative estimate of drug-likeness (QED) is 0.509. The summed E-state index contributed by atoms with van der Waals surface area (Å²) in [5, 5.41) is 3.12. The normalized spacial score (nSPS) is 22.8. The fourth-order valence-electron chi connectivity index (χ4n) is 5.20. The van der Waals surface area contributed by atoms with Crippen LogP contribution in [0.3, 0.4) is 0 Å². The van der Waals surface area contributed by atoms with E-state index in [4.69, 9.17) is 20.4 Å². The number of hydrogen-bond donors (Lipinski definition) is 2. The van der Waals surface area contributed by atoms with Gasteiger partial charge in [0.2, 0.25) is 0 Å². The number of benzene rings is 1. The van der Waals surface area contributed by atoms with Crippen LogP contribution in [0, 0.1) is 18.2 Å². The standard InChI is InChI=1S/C24H25FN6O/c1-13-5-15(11-28-10-13)32-23-29-19-8-16-17(6-14(25)7-18(16)27-2)21(19)22(30-23)31-4-3-24(12-31)9-20(24)26/h5-7,10-11,20,27H,3-4,8-9,12,26H2,1-2H3. The molecule has 8 heteroatoms. The van der Waals surface area contributed by atoms with Crippen LogP contribution in [-0.4, -0.2) is 41.1 Å². The lowest BCUT2D eigenvalue weighted by Gasteiger charge is -2.22. The highest BCUT2D eigenvalue weighted by molar-refractivity contribution is 5.88. The largest absolute Gasteiger partial charge is 0.423 e. The Kier molecular flexibility index (Phi) is 4.17. The van der Waals surface area contributed by atoms with E-state index in [0.29, 0.717) is 12.2 Å². The maximum absolute atomic E-state index is 14.5. The number of pyridine rings is 1. The molecule has 32 heavy (non-hydrogen) atoms. The van der Waals surface area contributed by atoms with E-state index in [9.17, 15) is 4.39 Å². The van der Waals surface area contributed by atoms with Crippen LogP contribution in [-0.2, 0) is 6.42 Å². The summed E-state index contributed by atoms with van der Waals surface area (Å²) in [7, 11) is 1.81. The number of ether oxygens (including phenoxy) is 1. The molecule has 1 saturated heterocycles. The Morgan fingerprint density at radius 2 is 2.09 bits per heavy atom. The smallest absolute Gasteiger partial charge is 0.324 e. The Hall–Kier alpha value is -3.26. The number of nitrogens with zero attached hydrogens (tertiary/aromatic N) is 4. The molecule has 7 nitrogen and oxygen atoms in total. The first-order valence-corrected chi connectivity index (χ1v) is 11.0. The molecule has 2 unspecified atom stereocenters. The van der Waals surface area contributed by atoms with Gasteiger partial charge in [0.1, 0.15) is 17.4 Å². The molecule has 0 bridgehead atoms. The summed E-state index contributed by atoms with van der Waals surface area (Å²) in [5.41, 5.74) is 11.8. The van der Waals surface area contributed by atoms with Crippen LogP contribution in [0.5, 0.6) is 11.8 Å². The van der Waals surface area contributed by atoms with Crippen LogP contribution in [0.15, 0.2) is 30.6 Å². The second-order valence-corrected chi connectivity index (χ2v) is 9.20. The Balaban J connectivity index is 1.47. The van der Waals surface area contributed by atoms with Gasteiger partial charge >= 0.3 is 6.01 Å². The summed E-state index contributed by atoms with van der Waals surface area (Å²) >= 11 is 0. The molecule has 3 N–H and O–H groups in total. The molecule has 3 aliphatic rings. The molecule has 0 radical (unpaired) electrons. The van der Waals surface area contributed by atoms with Crippen molar-refractivity contribution in [2.45, 2.75) is 32.2 Å². The lowest BCUT2D eigenvalue weighted by Crippen LogP contribution is -2.24. The second kappa shape index (κ2) is 6.87. The predicted molar refractivity (Wildman–Crippen MR) is 121 cm³/mol. The van der Waals surface area contributed by atoms with E-state index in [1.54, 1.807) is 18.5 Å². The van der Waals surface area contributed by atoms with Crippen molar-refractivity contribution in [3.63, 3.8) is 0 Å². The summed E-state index contributed by atoms with van der Waals surface area (Å²) < 4.78 is 20.5. The van der Waals surface area contributed by atoms with Gasteiger partial charge in [0, 0.05) is 55.5 Å². The Morgan fingerprint density at radius 3 is 2.81 bits per heavy atom. The molecule has 6 rings (SSSR count). The fourth-order valence-corrected chi connectivity index (χ4v) is 5.20. The molecule has 164 valence electrons. The van der Waals surface area contributed by atoms with Gasteiger partial charge in [-0.15, -0.1) is 0 Å². The van der Waals surface area contributed by atoms with E-state index in [1.807, 2.05) is 20.0 Å². The zero-order valence-electron chi connectivity index (χ0n) is 18.2. The van der Waals surface area contributed by atoms with Crippen LogP contribution in [0.25, 0.3) is 11.1 Å². The van der Waals surface area contributed by atoms with Gasteiger partial charge in [-0.1, -0.05) is 0 Å². The van der Waals surface area contributed by atoms with Gasteiger partial charge in [-0.2, -0.15) is 9.97 Å². The number of halogens is 1. The maximum Gasteiger partial charge on any atom is 0.324 e. The van der Waals surface area contributed by atoms with Gasteiger partial charge in [-0.05, 0) is 54.7 Å². The average Bonchev–Trinajstić information content (AvgIpc) is 3.08. The third-order valence-corrected chi connectivity index (χ3v) is 7.04. The van der Waals surface area contributed by atoms with Crippen molar-refractivity contribution in [2.75, 3.05) is 30.4 Å². The minimum Gasteiger partial charge on any atom is -0.423 e. The van der Waals surface area contributed by atoms with Crippen molar-refractivity contribution in [1.82, 2.24) is 15.0 Å². The third-order valence-electron chi connectivity index (χ3n) is 7.04. The Labute approximate surface area is 185 Å².